The molecule has 0 atom stereocenters. The van der Waals surface area contributed by atoms with E-state index >= 15 is 0 Å². The number of rotatable bonds is 5. The third kappa shape index (κ3) is 3.47. The molecule has 0 saturated carbocycles. The van der Waals surface area contributed by atoms with Gasteiger partial charge in [0.1, 0.15) is 0 Å². The predicted octanol–water partition coefficient (Wildman–Crippen LogP) is 3.51. The first-order chi connectivity index (χ1) is 8.79. The van der Waals surface area contributed by atoms with E-state index in [-0.39, 0.29) is 0 Å². The first-order valence-electron chi connectivity index (χ1n) is 6.04. The number of hydrogen-bond acceptors (Lipinski definition) is 4. The molecule has 1 aromatic carbocycles. The molecular weight excluding hydrogens is 242 g/mol. The lowest BCUT2D eigenvalue weighted by molar-refractivity contribution is 1.04. The highest BCUT2D eigenvalue weighted by Gasteiger charge is 2.01. The maximum Gasteiger partial charge on any atom is 0.222 e. The van der Waals surface area contributed by atoms with E-state index in [1.165, 1.54) is 10.5 Å². The molecule has 0 amide bonds. The van der Waals surface area contributed by atoms with Gasteiger partial charge in [0, 0.05) is 23.4 Å². The topological polar surface area (TPSA) is 37.8 Å². The van der Waals surface area contributed by atoms with Crippen LogP contribution in [0.5, 0.6) is 0 Å². The molecule has 0 spiro atoms. The Bertz CT molecular complexity index is 514. The van der Waals surface area contributed by atoms with Crippen molar-refractivity contribution in [3.05, 3.63) is 47.8 Å². The van der Waals surface area contributed by atoms with E-state index in [0.29, 0.717) is 5.95 Å². The van der Waals surface area contributed by atoms with Crippen molar-refractivity contribution < 1.29 is 0 Å². The zero-order valence-electron chi connectivity index (χ0n) is 10.7. The van der Waals surface area contributed by atoms with Gasteiger partial charge >= 0.3 is 0 Å². The van der Waals surface area contributed by atoms with E-state index in [2.05, 4.69) is 46.5 Å². The molecule has 4 heteroatoms. The van der Waals surface area contributed by atoms with Crippen LogP contribution in [0, 0.1) is 6.92 Å². The van der Waals surface area contributed by atoms with E-state index in [0.717, 1.165) is 18.0 Å². The molecule has 0 fully saturated rings. The normalized spacial score (nSPS) is 10.3. The summed E-state index contributed by atoms with van der Waals surface area (Å²) in [4.78, 5) is 9.94. The maximum absolute atomic E-state index is 4.46. The molecule has 1 heterocycles. The van der Waals surface area contributed by atoms with Crippen LogP contribution in [0.1, 0.15) is 18.2 Å². The highest BCUT2D eigenvalue weighted by atomic mass is 32.2. The SMILES string of the molecule is CCNc1nccc(CSc2ccccc2C)n1. The summed E-state index contributed by atoms with van der Waals surface area (Å²) in [6, 6.07) is 10.4. The Morgan fingerprint density at radius 1 is 1.22 bits per heavy atom. The number of nitrogens with zero attached hydrogens (tertiary/aromatic N) is 2. The summed E-state index contributed by atoms with van der Waals surface area (Å²) in [5.74, 6) is 1.58. The molecule has 2 aromatic rings. The lowest BCUT2D eigenvalue weighted by Crippen LogP contribution is -2.03. The Balaban J connectivity index is 2.02. The number of nitrogens with one attached hydrogen (secondary N) is 1. The number of anilines is 1. The molecule has 0 aliphatic carbocycles. The lowest BCUT2D eigenvalue weighted by atomic mass is 10.2. The minimum atomic E-state index is 0.709. The molecule has 0 radical (unpaired) electrons. The molecular formula is C14H17N3S. The Kier molecular flexibility index (Phi) is 4.59. The van der Waals surface area contributed by atoms with Crippen LogP contribution in [0.15, 0.2) is 41.4 Å². The summed E-state index contributed by atoms with van der Waals surface area (Å²) in [7, 11) is 0. The molecule has 0 aliphatic heterocycles. The molecule has 1 aromatic heterocycles. The van der Waals surface area contributed by atoms with E-state index in [9.17, 15) is 0 Å². The largest absolute Gasteiger partial charge is 0.354 e. The second-order valence-electron chi connectivity index (χ2n) is 3.96. The summed E-state index contributed by atoms with van der Waals surface area (Å²) in [6.07, 6.45) is 1.80. The van der Waals surface area contributed by atoms with Crippen LogP contribution in [0.2, 0.25) is 0 Å². The summed E-state index contributed by atoms with van der Waals surface area (Å²) >= 11 is 1.81. The zero-order valence-corrected chi connectivity index (χ0v) is 11.5. The van der Waals surface area contributed by atoms with Crippen molar-refractivity contribution in [1.29, 1.82) is 0 Å². The number of hydrogen-bond donors (Lipinski definition) is 1. The molecule has 1 N–H and O–H groups in total. The molecule has 2 rings (SSSR count). The molecule has 0 saturated heterocycles. The van der Waals surface area contributed by atoms with Crippen LogP contribution in [-0.2, 0) is 5.75 Å². The Morgan fingerprint density at radius 3 is 2.83 bits per heavy atom. The zero-order chi connectivity index (χ0) is 12.8. The van der Waals surface area contributed by atoms with Gasteiger partial charge in [0.25, 0.3) is 0 Å². The van der Waals surface area contributed by atoms with Crippen molar-refractivity contribution in [2.75, 3.05) is 11.9 Å². The van der Waals surface area contributed by atoms with Gasteiger partial charge in [0.05, 0.1) is 5.69 Å². The van der Waals surface area contributed by atoms with Crippen molar-refractivity contribution in [1.82, 2.24) is 9.97 Å². The van der Waals surface area contributed by atoms with Crippen molar-refractivity contribution >= 4 is 17.7 Å². The van der Waals surface area contributed by atoms with Gasteiger partial charge in [-0.15, -0.1) is 11.8 Å². The van der Waals surface area contributed by atoms with Crippen LogP contribution < -0.4 is 5.32 Å². The minimum absolute atomic E-state index is 0.709. The summed E-state index contributed by atoms with van der Waals surface area (Å²) in [6.45, 7) is 5.01. The van der Waals surface area contributed by atoms with Crippen LogP contribution in [0.25, 0.3) is 0 Å². The molecule has 0 unspecified atom stereocenters. The minimum Gasteiger partial charge on any atom is -0.354 e. The van der Waals surface area contributed by atoms with Gasteiger partial charge in [-0.05, 0) is 31.5 Å². The highest BCUT2D eigenvalue weighted by molar-refractivity contribution is 7.98. The summed E-state index contributed by atoms with van der Waals surface area (Å²) in [5.41, 5.74) is 2.36. The quantitative estimate of drug-likeness (QED) is 0.834. The molecule has 94 valence electrons. The van der Waals surface area contributed by atoms with E-state index in [1.807, 2.05) is 24.8 Å². The fraction of sp³-hybridized carbons (Fsp3) is 0.286. The van der Waals surface area contributed by atoms with E-state index in [4.69, 9.17) is 0 Å². The highest BCUT2D eigenvalue weighted by Crippen LogP contribution is 2.25. The number of benzene rings is 1. The smallest absolute Gasteiger partial charge is 0.222 e. The first-order valence-corrected chi connectivity index (χ1v) is 7.02. The van der Waals surface area contributed by atoms with E-state index < -0.39 is 0 Å². The Labute approximate surface area is 112 Å². The van der Waals surface area contributed by atoms with Gasteiger partial charge in [0.15, 0.2) is 0 Å². The van der Waals surface area contributed by atoms with Gasteiger partial charge in [-0.2, -0.15) is 0 Å². The van der Waals surface area contributed by atoms with Crippen LogP contribution >= 0.6 is 11.8 Å². The second-order valence-corrected chi connectivity index (χ2v) is 4.97. The van der Waals surface area contributed by atoms with Crippen molar-refractivity contribution in [2.24, 2.45) is 0 Å². The predicted molar refractivity (Wildman–Crippen MR) is 76.9 cm³/mol. The summed E-state index contributed by atoms with van der Waals surface area (Å²) < 4.78 is 0. The Hall–Kier alpha value is -1.55. The summed E-state index contributed by atoms with van der Waals surface area (Å²) in [5, 5.41) is 3.13. The average molecular weight is 259 g/mol. The molecule has 0 aliphatic rings. The average Bonchev–Trinajstić information content (AvgIpc) is 2.39. The fourth-order valence-electron chi connectivity index (χ4n) is 1.59. The van der Waals surface area contributed by atoms with Crippen molar-refractivity contribution in [3.63, 3.8) is 0 Å². The van der Waals surface area contributed by atoms with Gasteiger partial charge < -0.3 is 5.32 Å². The first kappa shape index (κ1) is 12.9. The third-order valence-electron chi connectivity index (χ3n) is 2.52. The van der Waals surface area contributed by atoms with Gasteiger partial charge in [-0.3, -0.25) is 0 Å². The monoisotopic (exact) mass is 259 g/mol. The van der Waals surface area contributed by atoms with Gasteiger partial charge in [-0.1, -0.05) is 18.2 Å². The third-order valence-corrected chi connectivity index (χ3v) is 3.73. The standard InChI is InChI=1S/C14H17N3S/c1-3-15-14-16-9-8-12(17-14)10-18-13-7-5-4-6-11(13)2/h4-9H,3,10H2,1-2H3,(H,15,16,17). The molecule has 3 nitrogen and oxygen atoms in total. The van der Waals surface area contributed by atoms with Crippen molar-refractivity contribution in [3.8, 4) is 0 Å². The Morgan fingerprint density at radius 2 is 2.06 bits per heavy atom. The van der Waals surface area contributed by atoms with Crippen molar-refractivity contribution in [2.45, 2.75) is 24.5 Å². The fourth-order valence-corrected chi connectivity index (χ4v) is 2.52. The van der Waals surface area contributed by atoms with Gasteiger partial charge in [-0.25, -0.2) is 9.97 Å². The number of aryl methyl sites for hydroxylation is 1. The second kappa shape index (κ2) is 6.40. The van der Waals surface area contributed by atoms with Gasteiger partial charge in [0.2, 0.25) is 5.95 Å². The van der Waals surface area contributed by atoms with E-state index in [1.54, 1.807) is 6.20 Å². The van der Waals surface area contributed by atoms with Crippen LogP contribution in [0.3, 0.4) is 0 Å². The molecule has 0 bridgehead atoms. The van der Waals surface area contributed by atoms with Crippen LogP contribution in [0.4, 0.5) is 5.95 Å². The number of aromatic nitrogens is 2. The van der Waals surface area contributed by atoms with Crippen LogP contribution in [-0.4, -0.2) is 16.5 Å². The maximum atomic E-state index is 4.46. The number of thioether (sulfide) groups is 1. The lowest BCUT2D eigenvalue weighted by Gasteiger charge is -2.06. The molecule has 18 heavy (non-hydrogen) atoms.